The van der Waals surface area contributed by atoms with Crippen molar-refractivity contribution in [1.82, 2.24) is 4.57 Å². The highest BCUT2D eigenvalue weighted by Crippen LogP contribution is 2.47. The van der Waals surface area contributed by atoms with Crippen molar-refractivity contribution in [2.45, 2.75) is 0 Å². The van der Waals surface area contributed by atoms with Crippen LogP contribution in [-0.2, 0) is 0 Å². The van der Waals surface area contributed by atoms with Gasteiger partial charge in [-0.15, -0.1) is 22.7 Å². The highest BCUT2D eigenvalue weighted by atomic mass is 32.1. The molecule has 4 heteroatoms. The first-order valence-electron chi connectivity index (χ1n) is 15.5. The fourth-order valence-electron chi connectivity index (χ4n) is 7.14. The molecule has 0 aliphatic heterocycles. The van der Waals surface area contributed by atoms with Crippen LogP contribution >= 0.6 is 22.7 Å². The number of anilines is 3. The average molecular weight is 623 g/mol. The van der Waals surface area contributed by atoms with Crippen LogP contribution in [0.1, 0.15) is 0 Å². The number of fused-ring (bicyclic) bond motifs is 9. The number of hydrogen-bond donors (Lipinski definition) is 0. The topological polar surface area (TPSA) is 8.17 Å². The van der Waals surface area contributed by atoms with Crippen LogP contribution in [0.25, 0.3) is 67.8 Å². The second kappa shape index (κ2) is 10.0. The quantitative estimate of drug-likeness (QED) is 0.190. The summed E-state index contributed by atoms with van der Waals surface area (Å²) in [7, 11) is 0. The number of nitrogens with zero attached hydrogens (tertiary/aromatic N) is 2. The van der Waals surface area contributed by atoms with Crippen molar-refractivity contribution in [3.05, 3.63) is 158 Å². The van der Waals surface area contributed by atoms with Crippen LogP contribution in [-0.4, -0.2) is 4.57 Å². The predicted octanol–water partition coefficient (Wildman–Crippen LogP) is 13.0. The third kappa shape index (κ3) is 3.81. The van der Waals surface area contributed by atoms with E-state index in [2.05, 4.69) is 167 Å². The zero-order chi connectivity index (χ0) is 30.2. The smallest absolute Gasteiger partial charge is 0.0640 e. The van der Waals surface area contributed by atoms with Crippen molar-refractivity contribution in [3.8, 4) is 5.69 Å². The first-order chi connectivity index (χ1) is 22.8. The molecule has 216 valence electrons. The lowest BCUT2D eigenvalue weighted by Crippen LogP contribution is -2.10. The third-order valence-electron chi connectivity index (χ3n) is 9.17. The summed E-state index contributed by atoms with van der Waals surface area (Å²) in [6.07, 6.45) is 0. The van der Waals surface area contributed by atoms with E-state index in [1.807, 2.05) is 22.7 Å². The van der Waals surface area contributed by atoms with Crippen molar-refractivity contribution in [3.63, 3.8) is 0 Å². The molecule has 10 rings (SSSR count). The first kappa shape index (κ1) is 25.9. The van der Waals surface area contributed by atoms with E-state index in [9.17, 15) is 0 Å². The Kier molecular flexibility index (Phi) is 5.65. The lowest BCUT2D eigenvalue weighted by molar-refractivity contribution is 1.18. The van der Waals surface area contributed by atoms with Gasteiger partial charge in [-0.05, 0) is 72.8 Å². The Morgan fingerprint density at radius 3 is 1.80 bits per heavy atom. The zero-order valence-electron chi connectivity index (χ0n) is 24.7. The van der Waals surface area contributed by atoms with E-state index in [0.29, 0.717) is 0 Å². The Balaban J connectivity index is 1.27. The molecule has 0 spiro atoms. The van der Waals surface area contributed by atoms with Crippen LogP contribution in [0.3, 0.4) is 0 Å². The summed E-state index contributed by atoms with van der Waals surface area (Å²) in [6.45, 7) is 0. The van der Waals surface area contributed by atoms with Crippen LogP contribution in [0, 0.1) is 0 Å². The van der Waals surface area contributed by atoms with Gasteiger partial charge in [0.15, 0.2) is 0 Å². The Bertz CT molecular complexity index is 2770. The van der Waals surface area contributed by atoms with Gasteiger partial charge in [-0.3, -0.25) is 0 Å². The van der Waals surface area contributed by atoms with Crippen LogP contribution in [0.15, 0.2) is 158 Å². The molecule has 0 amide bonds. The van der Waals surface area contributed by atoms with Gasteiger partial charge < -0.3 is 9.47 Å². The van der Waals surface area contributed by atoms with Gasteiger partial charge in [-0.2, -0.15) is 0 Å². The van der Waals surface area contributed by atoms with E-state index in [4.69, 9.17) is 0 Å². The summed E-state index contributed by atoms with van der Waals surface area (Å²) in [5.41, 5.74) is 7.09. The summed E-state index contributed by atoms with van der Waals surface area (Å²) in [6, 6.07) is 57.7. The van der Waals surface area contributed by atoms with Gasteiger partial charge in [0.25, 0.3) is 0 Å². The number of thiophene rings is 2. The van der Waals surface area contributed by atoms with Crippen molar-refractivity contribution >= 4 is 102 Å². The SMILES string of the molecule is c1ccc(-n2c3ccccc3c3cc(N(c4ccc5sc6ccccc6c5c4)c4cccc5c4sc4ccccc45)ccc32)cc1. The molecule has 0 saturated heterocycles. The molecule has 10 aromatic rings. The highest BCUT2D eigenvalue weighted by Gasteiger charge is 2.21. The van der Waals surface area contributed by atoms with Crippen LogP contribution in [0.5, 0.6) is 0 Å². The molecule has 0 saturated carbocycles. The van der Waals surface area contributed by atoms with E-state index in [0.717, 1.165) is 11.4 Å². The van der Waals surface area contributed by atoms with Gasteiger partial charge in [-0.25, -0.2) is 0 Å². The third-order valence-corrected chi connectivity index (χ3v) is 11.5. The Labute approximate surface area is 273 Å². The van der Waals surface area contributed by atoms with E-state index in [1.54, 1.807) is 0 Å². The maximum atomic E-state index is 2.47. The van der Waals surface area contributed by atoms with E-state index < -0.39 is 0 Å². The molecule has 0 radical (unpaired) electrons. The highest BCUT2D eigenvalue weighted by molar-refractivity contribution is 7.26. The number of aromatic nitrogens is 1. The van der Waals surface area contributed by atoms with Gasteiger partial charge in [0.1, 0.15) is 0 Å². The predicted molar refractivity (Wildman–Crippen MR) is 201 cm³/mol. The van der Waals surface area contributed by atoms with E-state index in [-0.39, 0.29) is 0 Å². The summed E-state index contributed by atoms with van der Waals surface area (Å²) in [4.78, 5) is 2.47. The summed E-state index contributed by atoms with van der Waals surface area (Å²) in [5.74, 6) is 0. The molecule has 0 atom stereocenters. The van der Waals surface area contributed by atoms with Crippen molar-refractivity contribution in [2.75, 3.05) is 4.90 Å². The maximum Gasteiger partial charge on any atom is 0.0640 e. The van der Waals surface area contributed by atoms with Crippen LogP contribution < -0.4 is 4.90 Å². The summed E-state index contributed by atoms with van der Waals surface area (Å²) < 4.78 is 7.63. The van der Waals surface area contributed by atoms with Gasteiger partial charge >= 0.3 is 0 Å². The van der Waals surface area contributed by atoms with Crippen molar-refractivity contribution < 1.29 is 0 Å². The Morgan fingerprint density at radius 1 is 0.391 bits per heavy atom. The minimum atomic E-state index is 1.15. The first-order valence-corrected chi connectivity index (χ1v) is 17.2. The second-order valence-corrected chi connectivity index (χ2v) is 13.9. The number of para-hydroxylation sites is 2. The molecular weight excluding hydrogens is 597 g/mol. The lowest BCUT2D eigenvalue weighted by Gasteiger charge is -2.26. The van der Waals surface area contributed by atoms with E-state index in [1.165, 1.54) is 73.5 Å². The molecule has 0 aliphatic rings. The summed E-state index contributed by atoms with van der Waals surface area (Å²) >= 11 is 3.74. The monoisotopic (exact) mass is 622 g/mol. The minimum Gasteiger partial charge on any atom is -0.309 e. The average Bonchev–Trinajstić information content (AvgIpc) is 3.78. The number of benzene rings is 7. The molecule has 3 aromatic heterocycles. The fraction of sp³-hybridized carbons (Fsp3) is 0. The van der Waals surface area contributed by atoms with Gasteiger partial charge in [0, 0.05) is 63.5 Å². The molecule has 2 nitrogen and oxygen atoms in total. The zero-order valence-corrected chi connectivity index (χ0v) is 26.4. The van der Waals surface area contributed by atoms with Crippen LogP contribution in [0.4, 0.5) is 17.1 Å². The molecule has 3 heterocycles. The minimum absolute atomic E-state index is 1.15. The van der Waals surface area contributed by atoms with Gasteiger partial charge in [-0.1, -0.05) is 84.9 Å². The molecule has 0 aliphatic carbocycles. The number of hydrogen-bond acceptors (Lipinski definition) is 3. The molecular formula is C42H26N2S2. The molecule has 0 N–H and O–H groups in total. The Hall–Kier alpha value is -5.42. The molecule has 7 aromatic carbocycles. The fourth-order valence-corrected chi connectivity index (χ4v) is 9.44. The standard InChI is InChI=1S/C42H26N2S2/c1-2-11-27(12-3-1)44-36-17-7-4-13-30(36)34-25-28(21-23-37(34)44)43(29-22-24-41-35(26-29)32-15-6-8-19-39(32)45-41)38-18-10-16-33-31-14-5-9-20-40(31)46-42(33)38/h1-26H. The van der Waals surface area contributed by atoms with Crippen molar-refractivity contribution in [1.29, 1.82) is 0 Å². The molecule has 46 heavy (non-hydrogen) atoms. The molecule has 0 unspecified atom stereocenters. The largest absolute Gasteiger partial charge is 0.309 e. The normalized spacial score (nSPS) is 11.9. The van der Waals surface area contributed by atoms with Crippen molar-refractivity contribution in [2.24, 2.45) is 0 Å². The van der Waals surface area contributed by atoms with E-state index >= 15 is 0 Å². The molecule has 0 bridgehead atoms. The Morgan fingerprint density at radius 2 is 0.978 bits per heavy atom. The lowest BCUT2D eigenvalue weighted by atomic mass is 10.1. The summed E-state index contributed by atoms with van der Waals surface area (Å²) in [5, 5.41) is 7.71. The second-order valence-electron chi connectivity index (χ2n) is 11.8. The number of rotatable bonds is 4. The molecule has 0 fully saturated rings. The maximum absolute atomic E-state index is 2.47. The van der Waals surface area contributed by atoms with Gasteiger partial charge in [0.2, 0.25) is 0 Å². The van der Waals surface area contributed by atoms with Gasteiger partial charge in [0.05, 0.1) is 21.4 Å². The van der Waals surface area contributed by atoms with Crippen LogP contribution in [0.2, 0.25) is 0 Å².